The first-order valence-electron chi connectivity index (χ1n) is 5.15. The second kappa shape index (κ2) is 4.00. The normalized spacial score (nSPS) is 16.9. The van der Waals surface area contributed by atoms with Crippen molar-refractivity contribution in [2.75, 3.05) is 5.32 Å². The Labute approximate surface area is 96.6 Å². The van der Waals surface area contributed by atoms with Gasteiger partial charge in [-0.15, -0.1) is 0 Å². The average molecular weight is 237 g/mol. The van der Waals surface area contributed by atoms with Gasteiger partial charge >= 0.3 is 11.7 Å². The molecule has 0 aliphatic heterocycles. The van der Waals surface area contributed by atoms with E-state index in [1.807, 2.05) is 0 Å². The molecule has 7 nitrogen and oxygen atoms in total. The first-order valence-corrected chi connectivity index (χ1v) is 5.15. The van der Waals surface area contributed by atoms with E-state index in [-0.39, 0.29) is 11.4 Å². The van der Waals surface area contributed by atoms with Gasteiger partial charge in [0.2, 0.25) is 0 Å². The number of rotatable bonds is 4. The van der Waals surface area contributed by atoms with Crippen molar-refractivity contribution in [1.29, 1.82) is 0 Å². The summed E-state index contributed by atoms with van der Waals surface area (Å²) in [6, 6.07) is 1.42. The molecule has 1 aromatic rings. The molecule has 0 amide bonds. The number of hydrogen-bond donors (Lipinski definition) is 2. The van der Waals surface area contributed by atoms with Crippen LogP contribution in [0.25, 0.3) is 0 Å². The van der Waals surface area contributed by atoms with Crippen molar-refractivity contribution in [3.8, 4) is 0 Å². The van der Waals surface area contributed by atoms with Gasteiger partial charge in [0, 0.05) is 6.20 Å². The largest absolute Gasteiger partial charge is 0.480 e. The predicted molar refractivity (Wildman–Crippen MR) is 58.7 cm³/mol. The van der Waals surface area contributed by atoms with Crippen LogP contribution >= 0.6 is 0 Å². The smallest absolute Gasteiger partial charge is 0.329 e. The number of aromatic nitrogens is 1. The monoisotopic (exact) mass is 237 g/mol. The number of nitrogens with one attached hydrogen (secondary N) is 1. The Morgan fingerprint density at radius 1 is 1.59 bits per heavy atom. The van der Waals surface area contributed by atoms with Crippen molar-refractivity contribution in [3.63, 3.8) is 0 Å². The number of pyridine rings is 1. The van der Waals surface area contributed by atoms with Gasteiger partial charge in [-0.3, -0.25) is 15.1 Å². The first-order chi connectivity index (χ1) is 8.05. The van der Waals surface area contributed by atoms with Crippen LogP contribution in [0.1, 0.15) is 19.3 Å². The van der Waals surface area contributed by atoms with E-state index in [4.69, 9.17) is 5.11 Å². The van der Waals surface area contributed by atoms with Crippen molar-refractivity contribution in [1.82, 2.24) is 4.98 Å². The van der Waals surface area contributed by atoms with Gasteiger partial charge in [-0.25, -0.2) is 4.79 Å². The predicted octanol–water partition coefficient (Wildman–Crippen LogP) is 1.41. The number of nitro groups is 1. The lowest BCUT2D eigenvalue weighted by molar-refractivity contribution is -0.384. The summed E-state index contributed by atoms with van der Waals surface area (Å²) in [5.74, 6) is -0.977. The van der Waals surface area contributed by atoms with Gasteiger partial charge in [0.05, 0.1) is 4.92 Å². The summed E-state index contributed by atoms with van der Waals surface area (Å²) in [5, 5.41) is 22.6. The highest BCUT2D eigenvalue weighted by atomic mass is 16.6. The summed E-state index contributed by atoms with van der Waals surface area (Å²) in [5.41, 5.74) is -1.07. The summed E-state index contributed by atoms with van der Waals surface area (Å²) in [6.45, 7) is 0. The Balaban J connectivity index is 2.29. The van der Waals surface area contributed by atoms with E-state index in [0.717, 1.165) is 12.6 Å². The summed E-state index contributed by atoms with van der Waals surface area (Å²) >= 11 is 0. The molecule has 0 saturated heterocycles. The van der Waals surface area contributed by atoms with Crippen LogP contribution in [0.15, 0.2) is 18.5 Å². The summed E-state index contributed by atoms with van der Waals surface area (Å²) < 4.78 is 0. The molecular weight excluding hydrogens is 226 g/mol. The van der Waals surface area contributed by atoms with E-state index in [1.54, 1.807) is 0 Å². The summed E-state index contributed by atoms with van der Waals surface area (Å²) in [7, 11) is 0. The summed E-state index contributed by atoms with van der Waals surface area (Å²) in [4.78, 5) is 25.0. The van der Waals surface area contributed by atoms with E-state index in [9.17, 15) is 14.9 Å². The minimum Gasteiger partial charge on any atom is -0.480 e. The standard InChI is InChI=1S/C10H11N3O4/c14-9(15)10(3-1-4-10)12-7-2-5-11-6-8(7)13(16)17/h2,5-6H,1,3-4H2,(H,11,12)(H,14,15). The Hall–Kier alpha value is -2.18. The lowest BCUT2D eigenvalue weighted by atomic mass is 9.76. The fourth-order valence-electron chi connectivity index (χ4n) is 1.82. The van der Waals surface area contributed by atoms with Crippen molar-refractivity contribution in [3.05, 3.63) is 28.6 Å². The number of carbonyl (C=O) groups is 1. The molecular formula is C10H11N3O4. The first kappa shape index (κ1) is 11.3. The van der Waals surface area contributed by atoms with Crippen molar-refractivity contribution < 1.29 is 14.8 Å². The number of aliphatic carboxylic acids is 1. The van der Waals surface area contributed by atoms with E-state index in [2.05, 4.69) is 10.3 Å². The Morgan fingerprint density at radius 2 is 2.29 bits per heavy atom. The van der Waals surface area contributed by atoms with Crippen molar-refractivity contribution >= 4 is 17.3 Å². The Morgan fingerprint density at radius 3 is 2.76 bits per heavy atom. The van der Waals surface area contributed by atoms with Gasteiger partial charge in [-0.2, -0.15) is 0 Å². The lowest BCUT2D eigenvalue weighted by Crippen LogP contribution is -2.52. The highest BCUT2D eigenvalue weighted by Gasteiger charge is 2.45. The molecule has 0 spiro atoms. The molecule has 1 heterocycles. The number of anilines is 1. The zero-order valence-electron chi connectivity index (χ0n) is 8.92. The zero-order valence-corrected chi connectivity index (χ0v) is 8.92. The van der Waals surface area contributed by atoms with Crippen LogP contribution in [0.2, 0.25) is 0 Å². The molecule has 7 heteroatoms. The topological polar surface area (TPSA) is 105 Å². The molecule has 1 saturated carbocycles. The molecule has 2 rings (SSSR count). The Kier molecular flexibility index (Phi) is 2.66. The molecule has 0 unspecified atom stereocenters. The lowest BCUT2D eigenvalue weighted by Gasteiger charge is -2.38. The number of hydrogen-bond acceptors (Lipinski definition) is 5. The van der Waals surface area contributed by atoms with Crippen LogP contribution in [0.5, 0.6) is 0 Å². The molecule has 1 aliphatic carbocycles. The third-order valence-electron chi connectivity index (χ3n) is 2.99. The van der Waals surface area contributed by atoms with E-state index in [1.165, 1.54) is 12.3 Å². The minimum atomic E-state index is -1.06. The molecule has 0 aromatic carbocycles. The fourth-order valence-corrected chi connectivity index (χ4v) is 1.82. The SMILES string of the molecule is O=C(O)C1(Nc2ccncc2[N+](=O)[O-])CCC1. The molecule has 1 aliphatic rings. The van der Waals surface area contributed by atoms with Crippen LogP contribution in [-0.4, -0.2) is 26.5 Å². The molecule has 17 heavy (non-hydrogen) atoms. The maximum absolute atomic E-state index is 11.1. The quantitative estimate of drug-likeness (QED) is 0.605. The highest BCUT2D eigenvalue weighted by molar-refractivity contribution is 5.85. The summed E-state index contributed by atoms with van der Waals surface area (Å²) in [6.07, 6.45) is 4.25. The van der Waals surface area contributed by atoms with Gasteiger partial charge in [-0.05, 0) is 25.3 Å². The van der Waals surface area contributed by atoms with E-state index < -0.39 is 16.4 Å². The van der Waals surface area contributed by atoms with Crippen LogP contribution in [0, 0.1) is 10.1 Å². The van der Waals surface area contributed by atoms with Crippen LogP contribution < -0.4 is 5.32 Å². The maximum Gasteiger partial charge on any atom is 0.329 e. The molecule has 1 aromatic heterocycles. The van der Waals surface area contributed by atoms with Crippen LogP contribution in [0.3, 0.4) is 0 Å². The van der Waals surface area contributed by atoms with Crippen LogP contribution in [-0.2, 0) is 4.79 Å². The average Bonchev–Trinajstić information content (AvgIpc) is 2.23. The number of nitrogens with zero attached hydrogens (tertiary/aromatic N) is 2. The van der Waals surface area contributed by atoms with Crippen LogP contribution in [0.4, 0.5) is 11.4 Å². The van der Waals surface area contributed by atoms with Gasteiger partial charge in [-0.1, -0.05) is 0 Å². The third-order valence-corrected chi connectivity index (χ3v) is 2.99. The molecule has 0 radical (unpaired) electrons. The van der Waals surface area contributed by atoms with Gasteiger partial charge in [0.15, 0.2) is 0 Å². The second-order valence-corrected chi connectivity index (χ2v) is 4.02. The van der Waals surface area contributed by atoms with E-state index in [0.29, 0.717) is 12.8 Å². The van der Waals surface area contributed by atoms with Gasteiger partial charge < -0.3 is 10.4 Å². The van der Waals surface area contributed by atoms with Crippen molar-refractivity contribution in [2.24, 2.45) is 0 Å². The highest BCUT2D eigenvalue weighted by Crippen LogP contribution is 2.37. The minimum absolute atomic E-state index is 0.201. The molecule has 2 N–H and O–H groups in total. The molecule has 0 atom stereocenters. The molecule has 90 valence electrons. The fraction of sp³-hybridized carbons (Fsp3) is 0.400. The molecule has 1 fully saturated rings. The molecule has 0 bridgehead atoms. The van der Waals surface area contributed by atoms with Crippen molar-refractivity contribution in [2.45, 2.75) is 24.8 Å². The van der Waals surface area contributed by atoms with Gasteiger partial charge in [0.25, 0.3) is 0 Å². The number of carboxylic acids is 1. The second-order valence-electron chi connectivity index (χ2n) is 4.02. The number of carboxylic acid groups (broad SMARTS) is 1. The Bertz CT molecular complexity index is 470. The maximum atomic E-state index is 11.1. The third kappa shape index (κ3) is 1.91. The van der Waals surface area contributed by atoms with Gasteiger partial charge in [0.1, 0.15) is 17.4 Å². The van der Waals surface area contributed by atoms with E-state index >= 15 is 0 Å². The zero-order chi connectivity index (χ0) is 12.5.